The van der Waals surface area contributed by atoms with Gasteiger partial charge in [0.25, 0.3) is 0 Å². The fourth-order valence-corrected chi connectivity index (χ4v) is 3.86. The predicted molar refractivity (Wildman–Crippen MR) is 93.9 cm³/mol. The van der Waals surface area contributed by atoms with Crippen LogP contribution in [0.4, 0.5) is 5.69 Å². The van der Waals surface area contributed by atoms with E-state index in [-0.39, 0.29) is 6.10 Å². The van der Waals surface area contributed by atoms with Gasteiger partial charge in [-0.3, -0.25) is 4.57 Å². The number of benzene rings is 1. The summed E-state index contributed by atoms with van der Waals surface area (Å²) in [6, 6.07) is 5.80. The number of allylic oxidation sites excluding steroid dienone is 1. The normalized spacial score (nSPS) is 20.8. The summed E-state index contributed by atoms with van der Waals surface area (Å²) in [5, 5.41) is 6.91. The number of fused-ring (bicyclic) bond motifs is 1. The summed E-state index contributed by atoms with van der Waals surface area (Å²) in [4.78, 5) is 10.3. The molecular weight excluding hydrogens is 367 g/mol. The zero-order chi connectivity index (χ0) is 16.3. The molecule has 0 saturated carbocycles. The molecule has 22 heavy (non-hydrogen) atoms. The van der Waals surface area contributed by atoms with E-state index in [9.17, 15) is 9.46 Å². The molecule has 1 aliphatic rings. The van der Waals surface area contributed by atoms with Crippen LogP contribution in [0.5, 0.6) is 0 Å². The summed E-state index contributed by atoms with van der Waals surface area (Å²) >= 11 is 3.45. The van der Waals surface area contributed by atoms with Gasteiger partial charge in [-0.15, -0.1) is 0 Å². The van der Waals surface area contributed by atoms with Crippen LogP contribution in [0.2, 0.25) is 0 Å². The van der Waals surface area contributed by atoms with E-state index in [0.717, 1.165) is 22.3 Å². The highest BCUT2D eigenvalue weighted by Gasteiger charge is 2.29. The number of halogens is 1. The molecule has 7 heteroatoms. The molecule has 2 rings (SSSR count). The molecule has 0 bridgehead atoms. The van der Waals surface area contributed by atoms with Crippen molar-refractivity contribution >= 4 is 34.9 Å². The maximum Gasteiger partial charge on any atom is 0.356 e. The van der Waals surface area contributed by atoms with Gasteiger partial charge in [0.05, 0.1) is 17.1 Å². The van der Waals surface area contributed by atoms with E-state index >= 15 is 0 Å². The molecule has 1 aliphatic heterocycles. The van der Waals surface area contributed by atoms with Gasteiger partial charge >= 0.3 is 7.60 Å². The van der Waals surface area contributed by atoms with Gasteiger partial charge in [-0.2, -0.15) is 0 Å². The van der Waals surface area contributed by atoms with Crippen LogP contribution < -0.4 is 10.6 Å². The summed E-state index contributed by atoms with van der Waals surface area (Å²) < 4.78 is 18.9. The third-order valence-corrected chi connectivity index (χ3v) is 5.89. The van der Waals surface area contributed by atoms with Crippen molar-refractivity contribution in [3.8, 4) is 0 Å². The van der Waals surface area contributed by atoms with Crippen molar-refractivity contribution < 1.29 is 14.0 Å². The average molecular weight is 389 g/mol. The summed E-state index contributed by atoms with van der Waals surface area (Å²) in [5.74, 6) is 0. The van der Waals surface area contributed by atoms with Gasteiger partial charge in [-0.25, -0.2) is 0 Å². The number of rotatable bonds is 4. The zero-order valence-electron chi connectivity index (χ0n) is 13.0. The van der Waals surface area contributed by atoms with Crippen molar-refractivity contribution in [2.45, 2.75) is 33.3 Å². The van der Waals surface area contributed by atoms with Crippen molar-refractivity contribution in [3.05, 3.63) is 33.5 Å². The van der Waals surface area contributed by atoms with E-state index in [1.165, 1.54) is 0 Å². The Morgan fingerprint density at radius 3 is 2.82 bits per heavy atom. The molecule has 2 unspecified atom stereocenters. The quantitative estimate of drug-likeness (QED) is 0.675. The van der Waals surface area contributed by atoms with Gasteiger partial charge in [0.15, 0.2) is 0 Å². The summed E-state index contributed by atoms with van der Waals surface area (Å²) in [6.45, 7) is 6.79. The smallest absolute Gasteiger partial charge is 0.356 e. The van der Waals surface area contributed by atoms with E-state index < -0.39 is 7.60 Å². The van der Waals surface area contributed by atoms with Crippen molar-refractivity contribution in [2.75, 3.05) is 18.4 Å². The van der Waals surface area contributed by atoms with Crippen LogP contribution in [0, 0.1) is 0 Å². The lowest BCUT2D eigenvalue weighted by molar-refractivity contribution is 0.190. The first-order chi connectivity index (χ1) is 10.3. The summed E-state index contributed by atoms with van der Waals surface area (Å²) in [5.41, 5.74) is 2.47. The highest BCUT2D eigenvalue weighted by Crippen LogP contribution is 2.54. The number of hydrogen-bond donors (Lipinski definition) is 3. The van der Waals surface area contributed by atoms with E-state index in [0.29, 0.717) is 24.0 Å². The minimum absolute atomic E-state index is 0.264. The summed E-state index contributed by atoms with van der Waals surface area (Å²) in [7, 11) is -3.83. The molecule has 0 radical (unpaired) electrons. The molecule has 1 heterocycles. The van der Waals surface area contributed by atoms with Gasteiger partial charge in [-0.1, -0.05) is 22.9 Å². The maximum absolute atomic E-state index is 12.6. The SMILES string of the molecule is CCC(C)OP(=O)(O)C(C)=C1NCCNc2cc(Br)ccc21. The van der Waals surface area contributed by atoms with Crippen molar-refractivity contribution in [1.82, 2.24) is 5.32 Å². The zero-order valence-corrected chi connectivity index (χ0v) is 15.5. The predicted octanol–water partition coefficient (Wildman–Crippen LogP) is 4.15. The highest BCUT2D eigenvalue weighted by molar-refractivity contribution is 9.10. The molecular formula is C15H22BrN2O3P. The second-order valence-corrected chi connectivity index (χ2v) is 8.19. The Hall–Kier alpha value is -0.810. The van der Waals surface area contributed by atoms with Crippen LogP contribution in [0.3, 0.4) is 0 Å². The van der Waals surface area contributed by atoms with Crippen LogP contribution >= 0.6 is 23.5 Å². The Labute approximate surface area is 139 Å². The molecule has 1 aromatic rings. The number of nitrogens with one attached hydrogen (secondary N) is 2. The lowest BCUT2D eigenvalue weighted by Crippen LogP contribution is -2.18. The molecule has 0 saturated heterocycles. The maximum atomic E-state index is 12.6. The van der Waals surface area contributed by atoms with Crippen LogP contribution in [0.15, 0.2) is 28.0 Å². The summed E-state index contributed by atoms with van der Waals surface area (Å²) in [6.07, 6.45) is 0.422. The van der Waals surface area contributed by atoms with Gasteiger partial charge in [0.1, 0.15) is 0 Å². The molecule has 3 N–H and O–H groups in total. The second-order valence-electron chi connectivity index (χ2n) is 5.35. The second kappa shape index (κ2) is 7.18. The standard InChI is InChI=1S/C15H22BrN2O3P/c1-4-10(2)21-22(19,20)11(3)15-13-6-5-12(16)9-14(13)17-7-8-18-15/h5-6,9-10,17-18H,4,7-8H2,1-3H3,(H,19,20). The largest absolute Gasteiger partial charge is 0.383 e. The molecule has 0 spiro atoms. The minimum atomic E-state index is -3.83. The van der Waals surface area contributed by atoms with Crippen LogP contribution in [0.25, 0.3) is 5.70 Å². The van der Waals surface area contributed by atoms with Crippen molar-refractivity contribution in [1.29, 1.82) is 0 Å². The monoisotopic (exact) mass is 388 g/mol. The van der Waals surface area contributed by atoms with Gasteiger partial charge in [0.2, 0.25) is 0 Å². The number of anilines is 1. The van der Waals surface area contributed by atoms with Gasteiger partial charge in [0, 0.05) is 28.8 Å². The Bertz CT molecular complexity index is 633. The van der Waals surface area contributed by atoms with Crippen LogP contribution in [-0.2, 0) is 9.09 Å². The Kier molecular flexibility index (Phi) is 5.72. The molecule has 0 aliphatic carbocycles. The highest BCUT2D eigenvalue weighted by atomic mass is 79.9. The third-order valence-electron chi connectivity index (χ3n) is 3.68. The van der Waals surface area contributed by atoms with E-state index in [1.54, 1.807) is 13.8 Å². The first-order valence-corrected chi connectivity index (χ1v) is 9.72. The third kappa shape index (κ3) is 3.93. The minimum Gasteiger partial charge on any atom is -0.383 e. The van der Waals surface area contributed by atoms with Crippen LogP contribution in [0.1, 0.15) is 32.8 Å². The molecule has 0 fully saturated rings. The average Bonchev–Trinajstić information content (AvgIpc) is 2.67. The lowest BCUT2D eigenvalue weighted by atomic mass is 10.1. The molecule has 0 aromatic heterocycles. The lowest BCUT2D eigenvalue weighted by Gasteiger charge is -2.21. The molecule has 122 valence electrons. The first-order valence-electron chi connectivity index (χ1n) is 7.35. The molecule has 1 aromatic carbocycles. The molecule has 0 amide bonds. The van der Waals surface area contributed by atoms with E-state index in [4.69, 9.17) is 4.52 Å². The molecule has 2 atom stereocenters. The van der Waals surface area contributed by atoms with E-state index in [2.05, 4.69) is 26.6 Å². The molecule has 5 nitrogen and oxygen atoms in total. The Balaban J connectivity index is 2.47. The van der Waals surface area contributed by atoms with Gasteiger partial charge in [-0.05, 0) is 38.5 Å². The number of hydrogen-bond acceptors (Lipinski definition) is 4. The first kappa shape index (κ1) is 17.5. The Morgan fingerprint density at radius 1 is 1.45 bits per heavy atom. The Morgan fingerprint density at radius 2 is 2.14 bits per heavy atom. The van der Waals surface area contributed by atoms with Gasteiger partial charge < -0.3 is 20.1 Å². The topological polar surface area (TPSA) is 70.6 Å². The van der Waals surface area contributed by atoms with Crippen molar-refractivity contribution in [3.63, 3.8) is 0 Å². The fourth-order valence-electron chi connectivity index (χ4n) is 2.22. The van der Waals surface area contributed by atoms with Crippen LogP contribution in [-0.4, -0.2) is 24.1 Å². The fraction of sp³-hybridized carbons (Fsp3) is 0.467. The van der Waals surface area contributed by atoms with Crippen molar-refractivity contribution in [2.24, 2.45) is 0 Å². The van der Waals surface area contributed by atoms with E-state index in [1.807, 2.05) is 25.1 Å².